The lowest BCUT2D eigenvalue weighted by Gasteiger charge is -2.16. The van der Waals surface area contributed by atoms with Crippen LogP contribution in [-0.4, -0.2) is 19.3 Å². The molecule has 0 aliphatic rings. The Morgan fingerprint density at radius 1 is 1.19 bits per heavy atom. The minimum absolute atomic E-state index is 0.0507. The number of nitrogens with two attached hydrogens (primary N) is 2. The molecule has 0 aliphatic carbocycles. The predicted octanol–water partition coefficient (Wildman–Crippen LogP) is 2.55. The number of hydrogen-bond acceptors (Lipinski definition) is 3. The number of ether oxygens (including phenoxy) is 1. The van der Waals surface area contributed by atoms with Crippen molar-refractivity contribution in [2.75, 3.05) is 13.2 Å². The summed E-state index contributed by atoms with van der Waals surface area (Å²) in [6.45, 7) is 5.60. The molecule has 96 valence electrons. The summed E-state index contributed by atoms with van der Waals surface area (Å²) in [5.74, 6) is 0. The average molecular weight is 228 g/mol. The summed E-state index contributed by atoms with van der Waals surface area (Å²) in [4.78, 5) is 0. The minimum Gasteiger partial charge on any atom is -0.400 e. The first kappa shape index (κ1) is 15.5. The van der Waals surface area contributed by atoms with Gasteiger partial charge in [-0.3, -0.25) is 0 Å². The second-order valence-corrected chi connectivity index (χ2v) is 4.12. The molecule has 0 saturated heterocycles. The maximum atomic E-state index is 5.86. The summed E-state index contributed by atoms with van der Waals surface area (Å²) in [7, 11) is 0. The van der Waals surface area contributed by atoms with Crippen LogP contribution in [0, 0.1) is 0 Å². The third kappa shape index (κ3) is 7.71. The van der Waals surface area contributed by atoms with Gasteiger partial charge in [0.1, 0.15) is 0 Å². The van der Waals surface area contributed by atoms with E-state index in [4.69, 9.17) is 16.2 Å². The van der Waals surface area contributed by atoms with Crippen LogP contribution < -0.4 is 11.5 Å². The van der Waals surface area contributed by atoms with Gasteiger partial charge in [0.15, 0.2) is 0 Å². The highest BCUT2D eigenvalue weighted by molar-refractivity contribution is 5.03. The Balaban J connectivity index is 3.59. The molecular formula is C13H28N2O. The molecule has 0 aromatic carbocycles. The molecule has 0 amide bonds. The zero-order valence-corrected chi connectivity index (χ0v) is 10.9. The molecule has 0 fully saturated rings. The van der Waals surface area contributed by atoms with Gasteiger partial charge in [0.05, 0.1) is 6.10 Å². The van der Waals surface area contributed by atoms with E-state index in [9.17, 15) is 0 Å². The molecule has 4 N–H and O–H groups in total. The summed E-state index contributed by atoms with van der Waals surface area (Å²) in [5, 5.41) is 0. The van der Waals surface area contributed by atoms with E-state index in [-0.39, 0.29) is 6.10 Å². The monoisotopic (exact) mass is 228 g/mol. The molecule has 0 aromatic heterocycles. The number of hydrogen-bond donors (Lipinski definition) is 2. The van der Waals surface area contributed by atoms with Crippen molar-refractivity contribution in [3.63, 3.8) is 0 Å². The Morgan fingerprint density at radius 3 is 2.44 bits per heavy atom. The molecule has 0 aliphatic heterocycles. The molecule has 0 heterocycles. The van der Waals surface area contributed by atoms with Gasteiger partial charge in [-0.1, -0.05) is 39.5 Å². The van der Waals surface area contributed by atoms with E-state index in [1.807, 2.05) is 6.08 Å². The second kappa shape index (κ2) is 11.0. The van der Waals surface area contributed by atoms with Crippen LogP contribution in [0.15, 0.2) is 11.8 Å². The predicted molar refractivity (Wildman–Crippen MR) is 70.1 cm³/mol. The summed E-state index contributed by atoms with van der Waals surface area (Å²) >= 11 is 0. The standard InChI is InChI=1S/C13H28N2O/c1-3-5-6-7-8-11-16-13(4-2)12(15)9-10-14/h9,13H,3-8,10-11,14-15H2,1-2H3. The first-order valence-electron chi connectivity index (χ1n) is 6.53. The van der Waals surface area contributed by atoms with Crippen LogP contribution in [0.5, 0.6) is 0 Å². The average Bonchev–Trinajstić information content (AvgIpc) is 2.28. The largest absolute Gasteiger partial charge is 0.400 e. The van der Waals surface area contributed by atoms with Gasteiger partial charge in [0.25, 0.3) is 0 Å². The zero-order chi connectivity index (χ0) is 12.2. The Kier molecular flexibility index (Phi) is 10.6. The maximum absolute atomic E-state index is 5.86. The van der Waals surface area contributed by atoms with Gasteiger partial charge in [0.2, 0.25) is 0 Å². The van der Waals surface area contributed by atoms with Crippen molar-refractivity contribution < 1.29 is 4.74 Å². The van der Waals surface area contributed by atoms with Gasteiger partial charge >= 0.3 is 0 Å². The Labute approximate surface area is 100 Å². The third-order valence-corrected chi connectivity index (χ3v) is 2.66. The third-order valence-electron chi connectivity index (χ3n) is 2.66. The maximum Gasteiger partial charge on any atom is 0.0961 e. The topological polar surface area (TPSA) is 61.3 Å². The second-order valence-electron chi connectivity index (χ2n) is 4.12. The molecule has 0 rings (SSSR count). The van der Waals surface area contributed by atoms with E-state index in [0.29, 0.717) is 6.54 Å². The first-order chi connectivity index (χ1) is 7.76. The van der Waals surface area contributed by atoms with Crippen LogP contribution >= 0.6 is 0 Å². The van der Waals surface area contributed by atoms with Gasteiger partial charge in [0, 0.05) is 18.8 Å². The highest BCUT2D eigenvalue weighted by Gasteiger charge is 2.08. The summed E-state index contributed by atoms with van der Waals surface area (Å²) in [5.41, 5.74) is 12.1. The fourth-order valence-electron chi connectivity index (χ4n) is 1.65. The molecule has 0 aromatic rings. The number of rotatable bonds is 10. The quantitative estimate of drug-likeness (QED) is 0.565. The van der Waals surface area contributed by atoms with E-state index in [1.54, 1.807) is 0 Å². The van der Waals surface area contributed by atoms with E-state index < -0.39 is 0 Å². The van der Waals surface area contributed by atoms with Crippen LogP contribution in [-0.2, 0) is 4.74 Å². The van der Waals surface area contributed by atoms with Crippen molar-refractivity contribution in [3.8, 4) is 0 Å². The van der Waals surface area contributed by atoms with Gasteiger partial charge in [-0.2, -0.15) is 0 Å². The Hall–Kier alpha value is -0.540. The normalized spacial score (nSPS) is 14.1. The first-order valence-corrected chi connectivity index (χ1v) is 6.53. The van der Waals surface area contributed by atoms with E-state index in [2.05, 4.69) is 13.8 Å². The van der Waals surface area contributed by atoms with Gasteiger partial charge in [-0.25, -0.2) is 0 Å². The lowest BCUT2D eigenvalue weighted by atomic mass is 10.1. The van der Waals surface area contributed by atoms with Crippen molar-refractivity contribution >= 4 is 0 Å². The molecule has 0 spiro atoms. The van der Waals surface area contributed by atoms with Gasteiger partial charge in [-0.05, 0) is 18.9 Å². The van der Waals surface area contributed by atoms with Crippen LogP contribution in [0.4, 0.5) is 0 Å². The van der Waals surface area contributed by atoms with Crippen LogP contribution in [0.3, 0.4) is 0 Å². The SMILES string of the molecule is CCCCCCCOC(CC)C(N)=CCN. The van der Waals surface area contributed by atoms with E-state index >= 15 is 0 Å². The molecule has 0 saturated carbocycles. The van der Waals surface area contributed by atoms with E-state index in [0.717, 1.165) is 25.1 Å². The molecule has 1 unspecified atom stereocenters. The Bertz CT molecular complexity index is 181. The summed E-state index contributed by atoms with van der Waals surface area (Å²) in [6, 6.07) is 0. The zero-order valence-electron chi connectivity index (χ0n) is 10.9. The van der Waals surface area contributed by atoms with E-state index in [1.165, 1.54) is 25.7 Å². The van der Waals surface area contributed by atoms with Crippen LogP contribution in [0.2, 0.25) is 0 Å². The van der Waals surface area contributed by atoms with Gasteiger partial charge < -0.3 is 16.2 Å². The van der Waals surface area contributed by atoms with Crippen molar-refractivity contribution in [1.82, 2.24) is 0 Å². The Morgan fingerprint density at radius 2 is 1.88 bits per heavy atom. The van der Waals surface area contributed by atoms with Crippen LogP contribution in [0.25, 0.3) is 0 Å². The molecule has 3 heteroatoms. The molecule has 0 radical (unpaired) electrons. The fourth-order valence-corrected chi connectivity index (χ4v) is 1.65. The summed E-state index contributed by atoms with van der Waals surface area (Å²) in [6.07, 6.45) is 9.11. The smallest absolute Gasteiger partial charge is 0.0961 e. The lowest BCUT2D eigenvalue weighted by molar-refractivity contribution is 0.0708. The summed E-state index contributed by atoms with van der Waals surface area (Å²) < 4.78 is 5.74. The molecular weight excluding hydrogens is 200 g/mol. The highest BCUT2D eigenvalue weighted by Crippen LogP contribution is 2.08. The van der Waals surface area contributed by atoms with Crippen LogP contribution in [0.1, 0.15) is 52.4 Å². The highest BCUT2D eigenvalue weighted by atomic mass is 16.5. The minimum atomic E-state index is 0.0507. The molecule has 1 atom stereocenters. The number of unbranched alkanes of at least 4 members (excludes halogenated alkanes) is 4. The molecule has 0 bridgehead atoms. The van der Waals surface area contributed by atoms with Gasteiger partial charge in [-0.15, -0.1) is 0 Å². The fraction of sp³-hybridized carbons (Fsp3) is 0.846. The molecule has 3 nitrogen and oxygen atoms in total. The van der Waals surface area contributed by atoms with Crippen molar-refractivity contribution in [1.29, 1.82) is 0 Å². The molecule has 16 heavy (non-hydrogen) atoms. The van der Waals surface area contributed by atoms with Crippen molar-refractivity contribution in [2.24, 2.45) is 11.5 Å². The lowest BCUT2D eigenvalue weighted by Crippen LogP contribution is -2.22. The van der Waals surface area contributed by atoms with Crippen molar-refractivity contribution in [2.45, 2.75) is 58.5 Å². The van der Waals surface area contributed by atoms with Crippen molar-refractivity contribution in [3.05, 3.63) is 11.8 Å².